The molecule has 1 aromatic rings. The Bertz CT molecular complexity index is 561. The van der Waals surface area contributed by atoms with E-state index in [1.807, 2.05) is 11.8 Å². The molecular weight excluding hydrogens is 447 g/mol. The molecule has 0 bridgehead atoms. The fraction of sp³-hybridized carbons (Fsp3) is 0.824. The molecule has 1 aliphatic carbocycles. The van der Waals surface area contributed by atoms with E-state index in [9.17, 15) is 0 Å². The summed E-state index contributed by atoms with van der Waals surface area (Å²) < 4.78 is 2.28. The molecule has 0 saturated heterocycles. The molecule has 6 nitrogen and oxygen atoms in total. The Hall–Kier alpha value is -0.510. The zero-order valence-corrected chi connectivity index (χ0v) is 18.5. The molecule has 2 atom stereocenters. The van der Waals surface area contributed by atoms with Crippen molar-refractivity contribution in [2.24, 2.45) is 4.99 Å². The topological polar surface area (TPSA) is 67.1 Å². The van der Waals surface area contributed by atoms with Crippen LogP contribution in [0, 0.1) is 0 Å². The Morgan fingerprint density at radius 1 is 1.28 bits per heavy atom. The average Bonchev–Trinajstić information content (AvgIpc) is 3.13. The van der Waals surface area contributed by atoms with Crippen LogP contribution in [0.1, 0.15) is 57.1 Å². The van der Waals surface area contributed by atoms with Gasteiger partial charge in [0, 0.05) is 30.8 Å². The van der Waals surface area contributed by atoms with Gasteiger partial charge in [-0.05, 0) is 45.3 Å². The summed E-state index contributed by atoms with van der Waals surface area (Å²) in [5, 5.41) is 16.5. The maximum Gasteiger partial charge on any atom is 0.191 e. The summed E-state index contributed by atoms with van der Waals surface area (Å²) in [5.41, 5.74) is 0. The summed E-state index contributed by atoms with van der Waals surface area (Å²) in [4.78, 5) is 4.77. The third-order valence-electron chi connectivity index (χ3n) is 4.97. The molecule has 2 N–H and O–H groups in total. The molecule has 1 saturated carbocycles. The quantitative estimate of drug-likeness (QED) is 0.387. The molecule has 25 heavy (non-hydrogen) atoms. The molecule has 2 unspecified atom stereocenters. The molecule has 0 aromatic carbocycles. The number of guanidine groups is 1. The van der Waals surface area contributed by atoms with Crippen molar-refractivity contribution >= 4 is 41.7 Å². The van der Waals surface area contributed by atoms with Crippen LogP contribution >= 0.6 is 35.7 Å². The predicted molar refractivity (Wildman–Crippen MR) is 116 cm³/mol. The first-order valence-corrected chi connectivity index (χ1v) is 10.6. The van der Waals surface area contributed by atoms with Crippen LogP contribution in [0.5, 0.6) is 0 Å². The Morgan fingerprint density at radius 2 is 2.16 bits per heavy atom. The summed E-state index contributed by atoms with van der Waals surface area (Å²) in [6.07, 6.45) is 10.8. The highest BCUT2D eigenvalue weighted by molar-refractivity contribution is 14.0. The molecule has 8 heteroatoms. The van der Waals surface area contributed by atoms with Crippen molar-refractivity contribution in [3.8, 4) is 0 Å². The van der Waals surface area contributed by atoms with Crippen LogP contribution < -0.4 is 10.6 Å². The zero-order valence-electron chi connectivity index (χ0n) is 15.3. The molecule has 1 aromatic heterocycles. The van der Waals surface area contributed by atoms with Crippen LogP contribution in [0.25, 0.3) is 0 Å². The smallest absolute Gasteiger partial charge is 0.191 e. The first-order valence-electron chi connectivity index (χ1n) is 9.28. The van der Waals surface area contributed by atoms with Crippen LogP contribution in [0.15, 0.2) is 4.99 Å². The summed E-state index contributed by atoms with van der Waals surface area (Å²) in [7, 11) is 0. The minimum atomic E-state index is 0. The second kappa shape index (κ2) is 10.6. The predicted octanol–water partition coefficient (Wildman–Crippen LogP) is 2.96. The molecule has 3 rings (SSSR count). The van der Waals surface area contributed by atoms with Gasteiger partial charge in [-0.25, -0.2) is 4.99 Å². The molecule has 0 amide bonds. The number of thioether (sulfide) groups is 1. The summed E-state index contributed by atoms with van der Waals surface area (Å²) in [5.74, 6) is 3.04. The largest absolute Gasteiger partial charge is 0.357 e. The number of rotatable bonds is 5. The van der Waals surface area contributed by atoms with Crippen LogP contribution in [0.2, 0.25) is 0 Å². The van der Waals surface area contributed by atoms with E-state index in [2.05, 4.69) is 38.6 Å². The van der Waals surface area contributed by atoms with E-state index in [1.54, 1.807) is 0 Å². The molecule has 0 radical (unpaired) electrons. The molecule has 1 aliphatic heterocycles. The second-order valence-corrected chi connectivity index (χ2v) is 7.84. The maximum absolute atomic E-state index is 4.77. The number of aromatic nitrogens is 3. The standard InChI is InChI=1S/C17H30N6S.HI/c1-3-18-17(20-13-8-9-14(11-13)24-2)19-12-16-22-21-15-7-5-4-6-10-23(15)16;/h13-14H,3-12H2,1-2H3,(H2,18,19,20);1H. The highest BCUT2D eigenvalue weighted by atomic mass is 127. The Balaban J connectivity index is 0.00000225. The summed E-state index contributed by atoms with van der Waals surface area (Å²) in [6.45, 7) is 4.62. The van der Waals surface area contributed by atoms with E-state index >= 15 is 0 Å². The van der Waals surface area contributed by atoms with Gasteiger partial charge in [0.25, 0.3) is 0 Å². The van der Waals surface area contributed by atoms with Gasteiger partial charge < -0.3 is 15.2 Å². The normalized spacial score (nSPS) is 23.5. The molecule has 1 fully saturated rings. The number of aliphatic imine (C=N–C) groups is 1. The lowest BCUT2D eigenvalue weighted by molar-refractivity contribution is 0.598. The van der Waals surface area contributed by atoms with Gasteiger partial charge in [0.2, 0.25) is 0 Å². The first-order chi connectivity index (χ1) is 11.8. The third kappa shape index (κ3) is 5.74. The molecule has 142 valence electrons. The fourth-order valence-electron chi connectivity index (χ4n) is 3.61. The molecule has 0 spiro atoms. The van der Waals surface area contributed by atoms with Gasteiger partial charge in [-0.2, -0.15) is 11.8 Å². The summed E-state index contributed by atoms with van der Waals surface area (Å²) in [6, 6.07) is 0.538. The first kappa shape index (κ1) is 20.8. The van der Waals surface area contributed by atoms with Gasteiger partial charge in [0.1, 0.15) is 12.4 Å². The van der Waals surface area contributed by atoms with Crippen LogP contribution in [0.4, 0.5) is 0 Å². The number of aryl methyl sites for hydroxylation is 1. The SMILES string of the molecule is CCNC(=NCc1nnc2n1CCCCC2)NC1CCC(SC)C1.I. The fourth-order valence-corrected chi connectivity index (χ4v) is 4.41. The molecule has 2 heterocycles. The Kier molecular flexibility index (Phi) is 8.81. The van der Waals surface area contributed by atoms with E-state index in [0.717, 1.165) is 42.4 Å². The van der Waals surface area contributed by atoms with Crippen molar-refractivity contribution in [2.45, 2.75) is 76.3 Å². The maximum atomic E-state index is 4.77. The molecule has 2 aliphatic rings. The Morgan fingerprint density at radius 3 is 2.92 bits per heavy atom. The minimum absolute atomic E-state index is 0. The lowest BCUT2D eigenvalue weighted by Crippen LogP contribution is -2.42. The number of hydrogen-bond donors (Lipinski definition) is 2. The van der Waals surface area contributed by atoms with Gasteiger partial charge >= 0.3 is 0 Å². The van der Waals surface area contributed by atoms with Crippen molar-refractivity contribution in [1.29, 1.82) is 0 Å². The number of halogens is 1. The van der Waals surface area contributed by atoms with E-state index in [-0.39, 0.29) is 24.0 Å². The van der Waals surface area contributed by atoms with E-state index in [1.165, 1.54) is 38.5 Å². The van der Waals surface area contributed by atoms with Crippen molar-refractivity contribution in [3.63, 3.8) is 0 Å². The number of fused-ring (bicyclic) bond motifs is 1. The van der Waals surface area contributed by atoms with Gasteiger partial charge in [-0.1, -0.05) is 6.42 Å². The van der Waals surface area contributed by atoms with Crippen LogP contribution in [-0.4, -0.2) is 44.8 Å². The molecular formula is C17H31IN6S. The third-order valence-corrected chi connectivity index (χ3v) is 6.06. The number of nitrogens with one attached hydrogen (secondary N) is 2. The van der Waals surface area contributed by atoms with Gasteiger partial charge in [0.15, 0.2) is 11.8 Å². The van der Waals surface area contributed by atoms with Crippen LogP contribution in [-0.2, 0) is 19.5 Å². The highest BCUT2D eigenvalue weighted by Crippen LogP contribution is 2.28. The minimum Gasteiger partial charge on any atom is -0.357 e. The Labute approximate surface area is 172 Å². The average molecular weight is 478 g/mol. The van der Waals surface area contributed by atoms with E-state index in [4.69, 9.17) is 4.99 Å². The van der Waals surface area contributed by atoms with Gasteiger partial charge in [0.05, 0.1) is 0 Å². The highest BCUT2D eigenvalue weighted by Gasteiger charge is 2.24. The van der Waals surface area contributed by atoms with Gasteiger partial charge in [-0.3, -0.25) is 0 Å². The van der Waals surface area contributed by atoms with E-state index in [0.29, 0.717) is 12.6 Å². The monoisotopic (exact) mass is 478 g/mol. The zero-order chi connectivity index (χ0) is 16.8. The lowest BCUT2D eigenvalue weighted by atomic mass is 10.2. The van der Waals surface area contributed by atoms with Crippen molar-refractivity contribution in [3.05, 3.63) is 11.6 Å². The van der Waals surface area contributed by atoms with E-state index < -0.39 is 0 Å². The van der Waals surface area contributed by atoms with Crippen LogP contribution in [0.3, 0.4) is 0 Å². The summed E-state index contributed by atoms with van der Waals surface area (Å²) >= 11 is 1.98. The van der Waals surface area contributed by atoms with Crippen molar-refractivity contribution in [1.82, 2.24) is 25.4 Å². The van der Waals surface area contributed by atoms with Crippen molar-refractivity contribution in [2.75, 3.05) is 12.8 Å². The lowest BCUT2D eigenvalue weighted by Gasteiger charge is -2.17. The number of hydrogen-bond acceptors (Lipinski definition) is 4. The van der Waals surface area contributed by atoms with Gasteiger partial charge in [-0.15, -0.1) is 34.2 Å². The van der Waals surface area contributed by atoms with Crippen molar-refractivity contribution < 1.29 is 0 Å². The second-order valence-electron chi connectivity index (χ2n) is 6.70. The number of nitrogens with zero attached hydrogens (tertiary/aromatic N) is 4.